The van der Waals surface area contributed by atoms with Crippen LogP contribution < -0.4 is 5.32 Å². The van der Waals surface area contributed by atoms with E-state index in [1.807, 2.05) is 12.1 Å². The Balaban J connectivity index is 2.09. The van der Waals surface area contributed by atoms with Crippen molar-refractivity contribution in [2.75, 3.05) is 0 Å². The van der Waals surface area contributed by atoms with Gasteiger partial charge in [-0.2, -0.15) is 0 Å². The zero-order valence-electron chi connectivity index (χ0n) is 13.4. The van der Waals surface area contributed by atoms with Crippen LogP contribution in [-0.2, 0) is 0 Å². The first-order valence-electron chi connectivity index (χ1n) is 7.95. The summed E-state index contributed by atoms with van der Waals surface area (Å²) in [5.41, 5.74) is 1.93. The highest BCUT2D eigenvalue weighted by Gasteiger charge is 2.32. The van der Waals surface area contributed by atoms with E-state index in [0.717, 1.165) is 17.0 Å². The van der Waals surface area contributed by atoms with Crippen LogP contribution in [0.2, 0.25) is 0 Å². The highest BCUT2D eigenvalue weighted by Crippen LogP contribution is 2.35. The molecule has 0 radical (unpaired) electrons. The first kappa shape index (κ1) is 16.0. The van der Waals surface area contributed by atoms with Crippen molar-refractivity contribution < 1.29 is 4.92 Å². The number of nitrogens with one attached hydrogen (secondary N) is 1. The molecular weight excluding hydrogens is 264 g/mol. The van der Waals surface area contributed by atoms with Crippen molar-refractivity contribution in [1.82, 2.24) is 5.32 Å². The lowest BCUT2D eigenvalue weighted by atomic mass is 9.93. The smallest absolute Gasteiger partial charge is 0.272 e. The van der Waals surface area contributed by atoms with Crippen LogP contribution >= 0.6 is 0 Å². The maximum atomic E-state index is 11.1. The molecule has 1 N–H and O–H groups in total. The van der Waals surface area contributed by atoms with Gasteiger partial charge < -0.3 is 5.32 Å². The molecule has 4 atom stereocenters. The van der Waals surface area contributed by atoms with E-state index in [0.29, 0.717) is 12.0 Å². The summed E-state index contributed by atoms with van der Waals surface area (Å²) >= 11 is 0. The molecule has 116 valence electrons. The number of hydrogen-bond acceptors (Lipinski definition) is 3. The van der Waals surface area contributed by atoms with Crippen molar-refractivity contribution >= 4 is 5.69 Å². The van der Waals surface area contributed by atoms with Crippen LogP contribution in [0.15, 0.2) is 18.2 Å². The molecule has 0 spiro atoms. The highest BCUT2D eigenvalue weighted by atomic mass is 16.6. The second-order valence-corrected chi connectivity index (χ2v) is 6.40. The van der Waals surface area contributed by atoms with E-state index in [1.165, 1.54) is 19.3 Å². The standard InChI is InChI=1S/C17H26N2O2/c1-5-14-8-9-16(12(14)3)18-13(4)15-7-6-11(2)17(10-15)19(20)21/h6-7,10,12-14,16,18H,5,8-9H2,1-4H3. The SMILES string of the molecule is CCC1CCC(NC(C)c2ccc(C)c([N+](=O)[O-])c2)C1C. The molecule has 4 nitrogen and oxygen atoms in total. The van der Waals surface area contributed by atoms with E-state index in [2.05, 4.69) is 26.1 Å². The van der Waals surface area contributed by atoms with Crippen molar-refractivity contribution in [3.05, 3.63) is 39.4 Å². The Kier molecular flexibility index (Phi) is 4.99. The quantitative estimate of drug-likeness (QED) is 0.646. The van der Waals surface area contributed by atoms with Gasteiger partial charge in [0.05, 0.1) is 4.92 Å². The fourth-order valence-electron chi connectivity index (χ4n) is 3.57. The van der Waals surface area contributed by atoms with E-state index in [9.17, 15) is 10.1 Å². The van der Waals surface area contributed by atoms with Gasteiger partial charge in [-0.1, -0.05) is 32.4 Å². The molecule has 0 saturated heterocycles. The Hall–Kier alpha value is -1.42. The van der Waals surface area contributed by atoms with E-state index in [4.69, 9.17) is 0 Å². The van der Waals surface area contributed by atoms with E-state index < -0.39 is 0 Å². The summed E-state index contributed by atoms with van der Waals surface area (Å²) in [6, 6.07) is 6.22. The van der Waals surface area contributed by atoms with Crippen LogP contribution in [0.5, 0.6) is 0 Å². The number of benzene rings is 1. The number of rotatable bonds is 5. The Morgan fingerprint density at radius 1 is 1.43 bits per heavy atom. The van der Waals surface area contributed by atoms with Gasteiger partial charge in [0.25, 0.3) is 5.69 Å². The molecule has 4 heteroatoms. The first-order valence-corrected chi connectivity index (χ1v) is 7.95. The third-order valence-electron chi connectivity index (χ3n) is 5.15. The minimum Gasteiger partial charge on any atom is -0.307 e. The molecule has 4 unspecified atom stereocenters. The number of nitro groups is 1. The average molecular weight is 290 g/mol. The lowest BCUT2D eigenvalue weighted by molar-refractivity contribution is -0.385. The second kappa shape index (κ2) is 6.56. The Morgan fingerprint density at radius 2 is 2.14 bits per heavy atom. The van der Waals surface area contributed by atoms with Crippen molar-refractivity contribution in [3.63, 3.8) is 0 Å². The average Bonchev–Trinajstić information content (AvgIpc) is 2.79. The fraction of sp³-hybridized carbons (Fsp3) is 0.647. The van der Waals surface area contributed by atoms with Crippen molar-refractivity contribution in [3.8, 4) is 0 Å². The summed E-state index contributed by atoms with van der Waals surface area (Å²) < 4.78 is 0. The molecule has 0 aromatic heterocycles. The van der Waals surface area contributed by atoms with Gasteiger partial charge in [-0.25, -0.2) is 0 Å². The lowest BCUT2D eigenvalue weighted by Crippen LogP contribution is -2.34. The zero-order valence-corrected chi connectivity index (χ0v) is 13.4. The second-order valence-electron chi connectivity index (χ2n) is 6.40. The largest absolute Gasteiger partial charge is 0.307 e. The maximum absolute atomic E-state index is 11.1. The molecule has 1 aliphatic carbocycles. The molecule has 2 rings (SSSR count). The molecule has 0 heterocycles. The normalized spacial score (nSPS) is 26.8. The third-order valence-corrected chi connectivity index (χ3v) is 5.15. The number of aryl methyl sites for hydroxylation is 1. The molecule has 0 aliphatic heterocycles. The van der Waals surface area contributed by atoms with E-state index in [-0.39, 0.29) is 16.7 Å². The Bertz CT molecular complexity index is 516. The molecule has 1 fully saturated rings. The van der Waals surface area contributed by atoms with Crippen LogP contribution in [0, 0.1) is 28.9 Å². The highest BCUT2D eigenvalue weighted by molar-refractivity contribution is 5.43. The maximum Gasteiger partial charge on any atom is 0.272 e. The minimum atomic E-state index is -0.295. The Morgan fingerprint density at radius 3 is 2.71 bits per heavy atom. The van der Waals surface area contributed by atoms with Gasteiger partial charge in [0.2, 0.25) is 0 Å². The van der Waals surface area contributed by atoms with Crippen LogP contribution in [0.25, 0.3) is 0 Å². The van der Waals surface area contributed by atoms with Crippen molar-refractivity contribution in [1.29, 1.82) is 0 Å². The van der Waals surface area contributed by atoms with Gasteiger partial charge in [-0.05, 0) is 44.1 Å². The zero-order chi connectivity index (χ0) is 15.6. The molecule has 1 aliphatic rings. The van der Waals surface area contributed by atoms with E-state index in [1.54, 1.807) is 13.0 Å². The third kappa shape index (κ3) is 3.43. The molecule has 0 amide bonds. The van der Waals surface area contributed by atoms with Gasteiger partial charge in [-0.3, -0.25) is 10.1 Å². The van der Waals surface area contributed by atoms with Crippen LogP contribution in [0.4, 0.5) is 5.69 Å². The number of hydrogen-bond donors (Lipinski definition) is 1. The number of nitrogens with zero attached hydrogens (tertiary/aromatic N) is 1. The first-order chi connectivity index (χ1) is 9.93. The fourth-order valence-corrected chi connectivity index (χ4v) is 3.57. The summed E-state index contributed by atoms with van der Waals surface area (Å²) in [4.78, 5) is 10.8. The Labute approximate surface area is 127 Å². The summed E-state index contributed by atoms with van der Waals surface area (Å²) in [5, 5.41) is 14.7. The predicted octanol–water partition coefficient (Wildman–Crippen LogP) is 4.38. The summed E-state index contributed by atoms with van der Waals surface area (Å²) in [7, 11) is 0. The lowest BCUT2D eigenvalue weighted by Gasteiger charge is -2.25. The van der Waals surface area contributed by atoms with Gasteiger partial charge in [0, 0.05) is 23.7 Å². The minimum absolute atomic E-state index is 0.146. The van der Waals surface area contributed by atoms with Gasteiger partial charge in [0.1, 0.15) is 0 Å². The molecule has 0 bridgehead atoms. The van der Waals surface area contributed by atoms with Crippen LogP contribution in [-0.4, -0.2) is 11.0 Å². The van der Waals surface area contributed by atoms with Gasteiger partial charge >= 0.3 is 0 Å². The number of nitro benzene ring substituents is 1. The van der Waals surface area contributed by atoms with Crippen molar-refractivity contribution in [2.45, 2.75) is 59.0 Å². The monoisotopic (exact) mass is 290 g/mol. The molecule has 1 aromatic rings. The summed E-state index contributed by atoms with van der Waals surface area (Å²) in [6.07, 6.45) is 3.73. The van der Waals surface area contributed by atoms with Gasteiger partial charge in [-0.15, -0.1) is 0 Å². The topological polar surface area (TPSA) is 55.2 Å². The molecule has 1 saturated carbocycles. The predicted molar refractivity (Wildman–Crippen MR) is 85.4 cm³/mol. The van der Waals surface area contributed by atoms with Crippen molar-refractivity contribution in [2.24, 2.45) is 11.8 Å². The molecule has 1 aromatic carbocycles. The molecule has 21 heavy (non-hydrogen) atoms. The van der Waals surface area contributed by atoms with Crippen LogP contribution in [0.3, 0.4) is 0 Å². The summed E-state index contributed by atoms with van der Waals surface area (Å²) in [6.45, 7) is 8.46. The molecular formula is C17H26N2O2. The van der Waals surface area contributed by atoms with Gasteiger partial charge in [0.15, 0.2) is 0 Å². The summed E-state index contributed by atoms with van der Waals surface area (Å²) in [5.74, 6) is 1.49. The van der Waals surface area contributed by atoms with Crippen LogP contribution in [0.1, 0.15) is 57.2 Å². The van der Waals surface area contributed by atoms with E-state index >= 15 is 0 Å².